The fourth-order valence-electron chi connectivity index (χ4n) is 1.44. The summed E-state index contributed by atoms with van der Waals surface area (Å²) in [7, 11) is 2.43. The smallest absolute Gasteiger partial charge is 0.359 e. The molecule has 0 fully saturated rings. The molecule has 88 valence electrons. The van der Waals surface area contributed by atoms with Gasteiger partial charge in [0.15, 0.2) is 5.69 Å². The van der Waals surface area contributed by atoms with E-state index in [0.29, 0.717) is 5.52 Å². The lowest BCUT2D eigenvalue weighted by atomic mass is 10.2. The standard InChI is InChI=1S/C10H9N3O4/c1-16-9(14)7-6-4-3-5-11-13(6)12-8(7)10(15)17-2/h3-5H,1-2H3. The van der Waals surface area contributed by atoms with Crippen molar-refractivity contribution in [3.63, 3.8) is 0 Å². The third-order valence-electron chi connectivity index (χ3n) is 2.19. The molecule has 0 saturated carbocycles. The highest BCUT2D eigenvalue weighted by Gasteiger charge is 2.26. The summed E-state index contributed by atoms with van der Waals surface area (Å²) in [4.78, 5) is 23.1. The third-order valence-corrected chi connectivity index (χ3v) is 2.19. The van der Waals surface area contributed by atoms with Crippen LogP contribution in [0.2, 0.25) is 0 Å². The van der Waals surface area contributed by atoms with Gasteiger partial charge in [0.2, 0.25) is 0 Å². The quantitative estimate of drug-likeness (QED) is 0.696. The van der Waals surface area contributed by atoms with Gasteiger partial charge < -0.3 is 9.47 Å². The van der Waals surface area contributed by atoms with Gasteiger partial charge in [0.25, 0.3) is 0 Å². The minimum absolute atomic E-state index is 0.0486. The van der Waals surface area contributed by atoms with Gasteiger partial charge in [0, 0.05) is 6.20 Å². The normalized spacial score (nSPS) is 10.2. The third kappa shape index (κ3) is 1.71. The SMILES string of the molecule is COC(=O)c1nn2ncccc2c1C(=O)OC. The monoisotopic (exact) mass is 235 g/mol. The Morgan fingerprint density at radius 3 is 2.59 bits per heavy atom. The Bertz CT molecular complexity index is 590. The number of hydrogen-bond acceptors (Lipinski definition) is 6. The maximum Gasteiger partial charge on any atom is 0.359 e. The predicted molar refractivity (Wildman–Crippen MR) is 55.7 cm³/mol. The molecule has 0 N–H and O–H groups in total. The van der Waals surface area contributed by atoms with Crippen LogP contribution in [0.5, 0.6) is 0 Å². The van der Waals surface area contributed by atoms with E-state index in [0.717, 1.165) is 0 Å². The van der Waals surface area contributed by atoms with Crippen molar-refractivity contribution in [3.05, 3.63) is 29.6 Å². The zero-order valence-electron chi connectivity index (χ0n) is 9.21. The van der Waals surface area contributed by atoms with Gasteiger partial charge in [0.05, 0.1) is 14.2 Å². The van der Waals surface area contributed by atoms with E-state index in [1.807, 2.05) is 0 Å². The van der Waals surface area contributed by atoms with Gasteiger partial charge in [0.1, 0.15) is 11.1 Å². The van der Waals surface area contributed by atoms with E-state index in [1.165, 1.54) is 25.0 Å². The second kappa shape index (κ2) is 4.20. The van der Waals surface area contributed by atoms with Crippen molar-refractivity contribution in [3.8, 4) is 0 Å². The first kappa shape index (κ1) is 11.1. The molecule has 2 heterocycles. The molecule has 2 aromatic rings. The van der Waals surface area contributed by atoms with Crippen molar-refractivity contribution in [1.82, 2.24) is 14.8 Å². The van der Waals surface area contributed by atoms with Gasteiger partial charge in [-0.3, -0.25) is 0 Å². The van der Waals surface area contributed by atoms with Crippen molar-refractivity contribution in [1.29, 1.82) is 0 Å². The Hall–Kier alpha value is -2.44. The van der Waals surface area contributed by atoms with E-state index in [2.05, 4.69) is 19.7 Å². The molecule has 0 atom stereocenters. The zero-order valence-corrected chi connectivity index (χ0v) is 9.21. The van der Waals surface area contributed by atoms with Gasteiger partial charge in [-0.2, -0.15) is 5.10 Å². The summed E-state index contributed by atoms with van der Waals surface area (Å²) >= 11 is 0. The molecule has 0 spiro atoms. The molecule has 0 aliphatic carbocycles. The maximum atomic E-state index is 11.6. The van der Waals surface area contributed by atoms with E-state index < -0.39 is 11.9 Å². The molecule has 7 heteroatoms. The highest BCUT2D eigenvalue weighted by Crippen LogP contribution is 2.16. The average molecular weight is 235 g/mol. The maximum absolute atomic E-state index is 11.6. The number of hydrogen-bond donors (Lipinski definition) is 0. The van der Waals surface area contributed by atoms with Crippen LogP contribution < -0.4 is 0 Å². The van der Waals surface area contributed by atoms with E-state index in [9.17, 15) is 9.59 Å². The summed E-state index contributed by atoms with van der Waals surface area (Å²) in [6.07, 6.45) is 1.49. The number of rotatable bonds is 2. The number of fused-ring (bicyclic) bond motifs is 1. The summed E-state index contributed by atoms with van der Waals surface area (Å²) in [5.41, 5.74) is 0.324. The van der Waals surface area contributed by atoms with Gasteiger partial charge in [-0.15, -0.1) is 9.73 Å². The number of nitrogens with zero attached hydrogens (tertiary/aromatic N) is 3. The first-order chi connectivity index (χ1) is 8.19. The van der Waals surface area contributed by atoms with Gasteiger partial charge in [-0.25, -0.2) is 9.59 Å². The lowest BCUT2D eigenvalue weighted by Crippen LogP contribution is -2.10. The van der Waals surface area contributed by atoms with Gasteiger partial charge in [-0.05, 0) is 12.1 Å². The van der Waals surface area contributed by atoms with Gasteiger partial charge >= 0.3 is 11.9 Å². The van der Waals surface area contributed by atoms with Crippen LogP contribution in [0.3, 0.4) is 0 Å². The minimum atomic E-state index is -0.712. The number of aromatic nitrogens is 3. The number of esters is 2. The molecule has 7 nitrogen and oxygen atoms in total. The lowest BCUT2D eigenvalue weighted by molar-refractivity contribution is 0.0553. The molecule has 0 aliphatic heterocycles. The molecule has 0 aliphatic rings. The van der Waals surface area contributed by atoms with Crippen LogP contribution in [0.4, 0.5) is 0 Å². The van der Waals surface area contributed by atoms with E-state index in [-0.39, 0.29) is 11.3 Å². The molecule has 0 aromatic carbocycles. The summed E-state index contributed by atoms with van der Waals surface area (Å²) in [5, 5.41) is 7.77. The molecule has 17 heavy (non-hydrogen) atoms. The summed E-state index contributed by atoms with van der Waals surface area (Å²) in [6.45, 7) is 0. The lowest BCUT2D eigenvalue weighted by Gasteiger charge is -1.98. The second-order valence-corrected chi connectivity index (χ2v) is 3.11. The van der Waals surface area contributed by atoms with Crippen LogP contribution in [0.25, 0.3) is 5.52 Å². The molecular weight excluding hydrogens is 226 g/mol. The van der Waals surface area contributed by atoms with Crippen molar-refractivity contribution in [2.24, 2.45) is 0 Å². The number of carbonyl (C=O) groups excluding carboxylic acids is 2. The molecular formula is C10H9N3O4. The number of methoxy groups -OCH3 is 2. The Morgan fingerprint density at radius 1 is 1.24 bits per heavy atom. The summed E-state index contributed by atoms with van der Waals surface area (Å²) in [6, 6.07) is 3.24. The predicted octanol–water partition coefficient (Wildman–Crippen LogP) is 0.302. The molecule has 2 aromatic heterocycles. The van der Waals surface area contributed by atoms with Crippen LogP contribution in [-0.2, 0) is 9.47 Å². The first-order valence-corrected chi connectivity index (χ1v) is 4.69. The van der Waals surface area contributed by atoms with E-state index >= 15 is 0 Å². The van der Waals surface area contributed by atoms with Gasteiger partial charge in [-0.1, -0.05) is 0 Å². The van der Waals surface area contributed by atoms with E-state index in [4.69, 9.17) is 0 Å². The highest BCUT2D eigenvalue weighted by atomic mass is 16.5. The zero-order chi connectivity index (χ0) is 12.4. The van der Waals surface area contributed by atoms with Crippen molar-refractivity contribution >= 4 is 17.5 Å². The fraction of sp³-hybridized carbons (Fsp3) is 0.200. The molecule has 0 saturated heterocycles. The van der Waals surface area contributed by atoms with Crippen LogP contribution in [0.15, 0.2) is 18.3 Å². The Balaban J connectivity index is 2.73. The second-order valence-electron chi connectivity index (χ2n) is 3.11. The van der Waals surface area contributed by atoms with Crippen molar-refractivity contribution < 1.29 is 19.1 Å². The highest BCUT2D eigenvalue weighted by molar-refractivity contribution is 6.06. The van der Waals surface area contributed by atoms with Crippen molar-refractivity contribution in [2.75, 3.05) is 14.2 Å². The van der Waals surface area contributed by atoms with Crippen molar-refractivity contribution in [2.45, 2.75) is 0 Å². The number of ether oxygens (including phenoxy) is 2. The molecule has 2 rings (SSSR count). The number of carbonyl (C=O) groups is 2. The topological polar surface area (TPSA) is 82.8 Å². The Morgan fingerprint density at radius 2 is 1.94 bits per heavy atom. The fourth-order valence-corrected chi connectivity index (χ4v) is 1.44. The van der Waals surface area contributed by atoms with Crippen LogP contribution in [0.1, 0.15) is 20.8 Å². The van der Waals surface area contributed by atoms with E-state index in [1.54, 1.807) is 12.1 Å². The molecule has 0 amide bonds. The Kier molecular flexibility index (Phi) is 2.73. The largest absolute Gasteiger partial charge is 0.465 e. The Labute approximate surface area is 95.9 Å². The molecule has 0 bridgehead atoms. The minimum Gasteiger partial charge on any atom is -0.465 e. The molecule has 0 unspecified atom stereocenters. The summed E-state index contributed by atoms with van der Waals surface area (Å²) < 4.78 is 10.3. The molecule has 0 radical (unpaired) electrons. The van der Waals surface area contributed by atoms with Crippen LogP contribution in [0, 0.1) is 0 Å². The van der Waals surface area contributed by atoms with Crippen LogP contribution in [-0.4, -0.2) is 41.0 Å². The first-order valence-electron chi connectivity index (χ1n) is 4.69. The summed E-state index contributed by atoms with van der Waals surface area (Å²) in [5.74, 6) is -1.37. The van der Waals surface area contributed by atoms with Crippen LogP contribution >= 0.6 is 0 Å². The average Bonchev–Trinajstić information content (AvgIpc) is 2.76.